The predicted octanol–water partition coefficient (Wildman–Crippen LogP) is 3.54. The molecule has 1 saturated heterocycles. The lowest BCUT2D eigenvalue weighted by Gasteiger charge is -2.22. The Hall–Kier alpha value is -3.98. The van der Waals surface area contributed by atoms with Crippen molar-refractivity contribution in [1.82, 2.24) is 10.2 Å². The molecule has 0 saturated carbocycles. The number of carbonyl (C=O) groups is 3. The highest BCUT2D eigenvalue weighted by atomic mass is 19.1. The molecule has 0 bridgehead atoms. The minimum absolute atomic E-state index is 0.313. The van der Waals surface area contributed by atoms with Crippen molar-refractivity contribution in [3.8, 4) is 0 Å². The molecule has 1 fully saturated rings. The van der Waals surface area contributed by atoms with Crippen LogP contribution in [0.5, 0.6) is 0 Å². The summed E-state index contributed by atoms with van der Waals surface area (Å²) in [5.41, 5.74) is 0.383. The van der Waals surface area contributed by atoms with E-state index in [9.17, 15) is 18.8 Å². The Balaban J connectivity index is 1.36. The molecule has 1 aromatic heterocycles. The number of rotatable bonds is 8. The van der Waals surface area contributed by atoms with Crippen LogP contribution in [-0.2, 0) is 33.1 Å². The van der Waals surface area contributed by atoms with Crippen molar-refractivity contribution in [3.05, 3.63) is 89.6 Å². The normalized spacial score (nSPS) is 17.8. The van der Waals surface area contributed by atoms with Crippen molar-refractivity contribution in [3.63, 3.8) is 0 Å². The molecule has 8 nitrogen and oxygen atoms in total. The zero-order valence-electron chi connectivity index (χ0n) is 17.8. The molecule has 2 N–H and O–H groups in total. The number of hydrogen-bond donors (Lipinski definition) is 2. The Kier molecular flexibility index (Phi) is 6.23. The van der Waals surface area contributed by atoms with Crippen molar-refractivity contribution in [2.75, 3.05) is 11.9 Å². The molecular formula is C24H22FN3O5. The van der Waals surface area contributed by atoms with Crippen LogP contribution in [0.2, 0.25) is 0 Å². The fourth-order valence-corrected chi connectivity index (χ4v) is 3.57. The summed E-state index contributed by atoms with van der Waals surface area (Å²) in [5, 5.41) is 5.28. The lowest BCUT2D eigenvalue weighted by atomic mass is 9.92. The molecule has 170 valence electrons. The van der Waals surface area contributed by atoms with Crippen molar-refractivity contribution in [2.45, 2.75) is 25.7 Å². The first-order valence-corrected chi connectivity index (χ1v) is 10.2. The van der Waals surface area contributed by atoms with Gasteiger partial charge in [-0.25, -0.2) is 9.18 Å². The molecule has 1 aliphatic heterocycles. The smallest absolute Gasteiger partial charge is 0.325 e. The molecule has 0 radical (unpaired) electrons. The van der Waals surface area contributed by atoms with Crippen molar-refractivity contribution < 1.29 is 27.9 Å². The zero-order chi connectivity index (χ0) is 23.4. The lowest BCUT2D eigenvalue weighted by Crippen LogP contribution is -2.42. The Morgan fingerprint density at radius 3 is 2.64 bits per heavy atom. The van der Waals surface area contributed by atoms with E-state index < -0.39 is 35.7 Å². The molecular weight excluding hydrogens is 429 g/mol. The quantitative estimate of drug-likeness (QED) is 0.510. The first kappa shape index (κ1) is 22.2. The van der Waals surface area contributed by atoms with Crippen LogP contribution >= 0.6 is 0 Å². The minimum atomic E-state index is -1.38. The van der Waals surface area contributed by atoms with Gasteiger partial charge in [0.25, 0.3) is 5.91 Å². The SMILES string of the molecule is CC1(c2ccc(F)cc2)NC(=O)N(CC(=O)Nc2cccc(COCc3ccco3)c2)C1=O. The second kappa shape index (κ2) is 9.25. The van der Waals surface area contributed by atoms with Crippen LogP contribution in [0.1, 0.15) is 23.8 Å². The Morgan fingerprint density at radius 2 is 1.91 bits per heavy atom. The van der Waals surface area contributed by atoms with Crippen molar-refractivity contribution in [2.24, 2.45) is 0 Å². The minimum Gasteiger partial charge on any atom is -0.467 e. The average Bonchev–Trinajstić information content (AvgIpc) is 3.37. The summed E-state index contributed by atoms with van der Waals surface area (Å²) in [5.74, 6) is -0.866. The van der Waals surface area contributed by atoms with Gasteiger partial charge in [-0.05, 0) is 54.4 Å². The summed E-state index contributed by atoms with van der Waals surface area (Å²) in [6, 6.07) is 15.2. The maximum atomic E-state index is 13.2. The maximum Gasteiger partial charge on any atom is 0.325 e. The summed E-state index contributed by atoms with van der Waals surface area (Å²) in [7, 11) is 0. The van der Waals surface area contributed by atoms with Gasteiger partial charge in [-0.15, -0.1) is 0 Å². The number of halogens is 1. The van der Waals surface area contributed by atoms with Gasteiger partial charge in [0.1, 0.15) is 30.3 Å². The van der Waals surface area contributed by atoms with E-state index in [2.05, 4.69) is 10.6 Å². The molecule has 33 heavy (non-hydrogen) atoms. The number of hydrogen-bond acceptors (Lipinski definition) is 5. The van der Waals surface area contributed by atoms with E-state index in [0.29, 0.717) is 30.2 Å². The second-order valence-corrected chi connectivity index (χ2v) is 7.77. The van der Waals surface area contributed by atoms with Crippen molar-refractivity contribution >= 4 is 23.5 Å². The fraction of sp³-hybridized carbons (Fsp3) is 0.208. The molecule has 1 atom stereocenters. The van der Waals surface area contributed by atoms with Crippen LogP contribution < -0.4 is 10.6 Å². The van der Waals surface area contributed by atoms with Gasteiger partial charge in [0.2, 0.25) is 5.91 Å². The van der Waals surface area contributed by atoms with Crippen LogP contribution in [0, 0.1) is 5.82 Å². The van der Waals surface area contributed by atoms with E-state index in [1.54, 1.807) is 30.5 Å². The molecule has 4 rings (SSSR count). The molecule has 3 aromatic rings. The highest BCUT2D eigenvalue weighted by Gasteiger charge is 2.49. The number of urea groups is 1. The monoisotopic (exact) mass is 451 g/mol. The average molecular weight is 451 g/mol. The molecule has 2 heterocycles. The number of nitrogens with one attached hydrogen (secondary N) is 2. The summed E-state index contributed by atoms with van der Waals surface area (Å²) < 4.78 is 24.1. The van der Waals surface area contributed by atoms with Gasteiger partial charge in [0, 0.05) is 5.69 Å². The number of carbonyl (C=O) groups excluding carboxylic acids is 3. The van der Waals surface area contributed by atoms with Gasteiger partial charge in [0.05, 0.1) is 12.9 Å². The number of anilines is 1. The van der Waals surface area contributed by atoms with Crippen LogP contribution in [0.15, 0.2) is 71.3 Å². The summed E-state index contributed by atoms with van der Waals surface area (Å²) in [6.07, 6.45) is 1.57. The number of benzene rings is 2. The number of nitrogens with zero attached hydrogens (tertiary/aromatic N) is 1. The Bertz CT molecular complexity index is 1160. The van der Waals surface area contributed by atoms with E-state index in [1.165, 1.54) is 31.2 Å². The third-order valence-electron chi connectivity index (χ3n) is 5.30. The number of amides is 4. The van der Waals surface area contributed by atoms with E-state index in [4.69, 9.17) is 9.15 Å². The number of ether oxygens (including phenoxy) is 1. The van der Waals surface area contributed by atoms with Gasteiger partial charge >= 0.3 is 6.03 Å². The molecule has 1 aliphatic rings. The van der Waals surface area contributed by atoms with Gasteiger partial charge in [0.15, 0.2) is 0 Å². The molecule has 9 heteroatoms. The number of imide groups is 1. The standard InChI is InChI=1S/C24H22FN3O5/c1-24(17-7-9-18(25)10-8-17)22(30)28(23(31)27-24)13-21(29)26-19-5-2-4-16(12-19)14-32-15-20-6-3-11-33-20/h2-12H,13-15H2,1H3,(H,26,29)(H,27,31). The third kappa shape index (κ3) is 4.93. The van der Waals surface area contributed by atoms with E-state index in [0.717, 1.165) is 10.5 Å². The molecule has 1 unspecified atom stereocenters. The molecule has 2 aromatic carbocycles. The van der Waals surface area contributed by atoms with Gasteiger partial charge in [-0.1, -0.05) is 24.3 Å². The molecule has 4 amide bonds. The Morgan fingerprint density at radius 1 is 1.12 bits per heavy atom. The summed E-state index contributed by atoms with van der Waals surface area (Å²) in [6.45, 7) is 1.70. The van der Waals surface area contributed by atoms with Gasteiger partial charge < -0.3 is 19.8 Å². The van der Waals surface area contributed by atoms with Gasteiger partial charge in [-0.3, -0.25) is 14.5 Å². The highest BCUT2D eigenvalue weighted by molar-refractivity contribution is 6.10. The summed E-state index contributed by atoms with van der Waals surface area (Å²) >= 11 is 0. The van der Waals surface area contributed by atoms with Gasteiger partial charge in [-0.2, -0.15) is 0 Å². The first-order valence-electron chi connectivity index (χ1n) is 10.2. The van der Waals surface area contributed by atoms with Crippen LogP contribution in [0.25, 0.3) is 0 Å². The van der Waals surface area contributed by atoms with E-state index in [-0.39, 0.29) is 0 Å². The van der Waals surface area contributed by atoms with E-state index >= 15 is 0 Å². The van der Waals surface area contributed by atoms with Crippen LogP contribution in [-0.4, -0.2) is 29.3 Å². The van der Waals surface area contributed by atoms with Crippen LogP contribution in [0.4, 0.5) is 14.9 Å². The highest BCUT2D eigenvalue weighted by Crippen LogP contribution is 2.29. The predicted molar refractivity (Wildman–Crippen MR) is 116 cm³/mol. The van der Waals surface area contributed by atoms with E-state index in [1.807, 2.05) is 12.1 Å². The van der Waals surface area contributed by atoms with Crippen LogP contribution in [0.3, 0.4) is 0 Å². The van der Waals surface area contributed by atoms with Crippen molar-refractivity contribution in [1.29, 1.82) is 0 Å². The first-order chi connectivity index (χ1) is 15.8. The largest absolute Gasteiger partial charge is 0.467 e. The lowest BCUT2D eigenvalue weighted by molar-refractivity contribution is -0.133. The topological polar surface area (TPSA) is 101 Å². The molecule has 0 spiro atoms. The molecule has 0 aliphatic carbocycles. The maximum absolute atomic E-state index is 13.2. The zero-order valence-corrected chi connectivity index (χ0v) is 17.8. The fourth-order valence-electron chi connectivity index (χ4n) is 3.57. The second-order valence-electron chi connectivity index (χ2n) is 7.77. The Labute approximate surface area is 189 Å². The summed E-state index contributed by atoms with van der Waals surface area (Å²) in [4.78, 5) is 38.7. The number of furan rings is 1. The third-order valence-corrected chi connectivity index (χ3v) is 5.30.